The van der Waals surface area contributed by atoms with Crippen molar-refractivity contribution < 1.29 is 16.8 Å². The molecule has 0 aliphatic carbocycles. The van der Waals surface area contributed by atoms with Gasteiger partial charge in [-0.3, -0.25) is 0 Å². The molecule has 6 nitrogen and oxygen atoms in total. The van der Waals surface area contributed by atoms with Crippen molar-refractivity contribution in [3.05, 3.63) is 35.9 Å². The predicted molar refractivity (Wildman–Crippen MR) is 88.5 cm³/mol. The van der Waals surface area contributed by atoms with E-state index in [-0.39, 0.29) is 0 Å². The van der Waals surface area contributed by atoms with Crippen molar-refractivity contribution in [2.75, 3.05) is 19.8 Å². The fraction of sp³-hybridized carbons (Fsp3) is 0.571. The van der Waals surface area contributed by atoms with Crippen LogP contribution in [0.5, 0.6) is 0 Å². The number of sulfonamides is 2. The zero-order valence-electron chi connectivity index (χ0n) is 13.6. The molecule has 0 bridgehead atoms. The molecule has 1 unspecified atom stereocenters. The summed E-state index contributed by atoms with van der Waals surface area (Å²) in [6.45, 7) is 5.15. The maximum Gasteiger partial charge on any atom is 0.220 e. The number of benzene rings is 1. The zero-order valence-corrected chi connectivity index (χ0v) is 15.2. The lowest BCUT2D eigenvalue weighted by atomic mass is 10.1. The van der Waals surface area contributed by atoms with E-state index in [1.807, 2.05) is 0 Å². The molecule has 0 saturated carbocycles. The minimum absolute atomic E-state index is 0.449. The van der Waals surface area contributed by atoms with Gasteiger partial charge >= 0.3 is 0 Å². The summed E-state index contributed by atoms with van der Waals surface area (Å²) in [7, 11) is -4.75. The number of nitrogens with zero attached hydrogens (tertiary/aromatic N) is 1. The third kappa shape index (κ3) is 5.35. The molecule has 22 heavy (non-hydrogen) atoms. The van der Waals surface area contributed by atoms with Gasteiger partial charge in [-0.05, 0) is 26.3 Å². The average Bonchev–Trinajstić information content (AvgIpc) is 2.34. The quantitative estimate of drug-likeness (QED) is 0.841. The minimum atomic E-state index is -3.86. The number of hydrogen-bond donors (Lipinski definition) is 1. The standard InChI is InChI=1S/C14H24N2O4S2/c1-14(2,3)15-22(19,20)13(11-21(17,18)16(4)5)12-9-7-6-8-10-12/h6-10,13,15H,11H2,1-5H3. The molecule has 1 aromatic rings. The second kappa shape index (κ2) is 6.66. The van der Waals surface area contributed by atoms with Crippen LogP contribution in [0.4, 0.5) is 0 Å². The van der Waals surface area contributed by atoms with Crippen LogP contribution in [0.25, 0.3) is 0 Å². The van der Waals surface area contributed by atoms with E-state index in [9.17, 15) is 16.8 Å². The molecule has 0 aromatic heterocycles. The highest BCUT2D eigenvalue weighted by Gasteiger charge is 2.35. The summed E-state index contributed by atoms with van der Waals surface area (Å²) in [5.74, 6) is -0.505. The summed E-state index contributed by atoms with van der Waals surface area (Å²) in [4.78, 5) is 0. The smallest absolute Gasteiger partial charge is 0.212 e. The second-order valence-corrected chi connectivity index (χ2v) is 10.4. The van der Waals surface area contributed by atoms with Crippen molar-refractivity contribution in [1.29, 1.82) is 0 Å². The van der Waals surface area contributed by atoms with Crippen molar-refractivity contribution in [3.8, 4) is 0 Å². The van der Waals surface area contributed by atoms with E-state index in [4.69, 9.17) is 0 Å². The lowest BCUT2D eigenvalue weighted by Gasteiger charge is -2.26. The topological polar surface area (TPSA) is 83.6 Å². The van der Waals surface area contributed by atoms with Crippen LogP contribution in [0.2, 0.25) is 0 Å². The minimum Gasteiger partial charge on any atom is -0.212 e. The Hall–Kier alpha value is -0.960. The summed E-state index contributed by atoms with van der Waals surface area (Å²) in [6, 6.07) is 8.38. The van der Waals surface area contributed by atoms with Crippen LogP contribution >= 0.6 is 0 Å². The molecule has 1 aromatic carbocycles. The first-order valence-electron chi connectivity index (χ1n) is 6.83. The SMILES string of the molecule is CN(C)S(=O)(=O)CC(c1ccccc1)S(=O)(=O)NC(C)(C)C. The lowest BCUT2D eigenvalue weighted by Crippen LogP contribution is -2.45. The summed E-state index contributed by atoms with van der Waals surface area (Å²) in [5, 5.41) is -1.17. The van der Waals surface area contributed by atoms with Gasteiger partial charge in [-0.2, -0.15) is 0 Å². The molecule has 0 amide bonds. The molecule has 1 atom stereocenters. The first kappa shape index (κ1) is 19.1. The van der Waals surface area contributed by atoms with Gasteiger partial charge in [0.15, 0.2) is 0 Å². The summed E-state index contributed by atoms with van der Waals surface area (Å²) < 4.78 is 53.2. The molecule has 0 spiro atoms. The van der Waals surface area contributed by atoms with E-state index in [0.717, 1.165) is 4.31 Å². The van der Waals surface area contributed by atoms with Crippen molar-refractivity contribution in [2.24, 2.45) is 0 Å². The van der Waals surface area contributed by atoms with Gasteiger partial charge in [0.25, 0.3) is 0 Å². The molecule has 0 aliphatic rings. The van der Waals surface area contributed by atoms with Crippen LogP contribution in [0.1, 0.15) is 31.6 Å². The molecule has 0 saturated heterocycles. The van der Waals surface area contributed by atoms with E-state index < -0.39 is 36.6 Å². The van der Waals surface area contributed by atoms with Gasteiger partial charge in [0.2, 0.25) is 20.0 Å². The Labute approximate surface area is 133 Å². The van der Waals surface area contributed by atoms with Gasteiger partial charge in [-0.15, -0.1) is 0 Å². The third-order valence-electron chi connectivity index (χ3n) is 2.91. The summed E-state index contributed by atoms with van der Waals surface area (Å²) in [5.41, 5.74) is -0.238. The summed E-state index contributed by atoms with van der Waals surface area (Å²) >= 11 is 0. The zero-order chi connectivity index (χ0) is 17.2. The first-order chi connectivity index (χ1) is 9.85. The van der Waals surface area contributed by atoms with Crippen LogP contribution in [0.3, 0.4) is 0 Å². The van der Waals surface area contributed by atoms with Crippen molar-refractivity contribution in [2.45, 2.75) is 31.6 Å². The van der Waals surface area contributed by atoms with Gasteiger partial charge in [-0.25, -0.2) is 25.9 Å². The first-order valence-corrected chi connectivity index (χ1v) is 9.99. The molecule has 0 fully saturated rings. The average molecular weight is 348 g/mol. The maximum atomic E-state index is 12.7. The highest BCUT2D eigenvalue weighted by molar-refractivity contribution is 7.93. The molecule has 0 radical (unpaired) electrons. The molecule has 0 heterocycles. The van der Waals surface area contributed by atoms with Gasteiger partial charge in [-0.1, -0.05) is 30.3 Å². The Kier molecular flexibility index (Phi) is 5.77. The van der Waals surface area contributed by atoms with Gasteiger partial charge in [0, 0.05) is 19.6 Å². The normalized spacial score (nSPS) is 15.0. The van der Waals surface area contributed by atoms with Crippen LogP contribution in [-0.4, -0.2) is 46.5 Å². The van der Waals surface area contributed by atoms with E-state index >= 15 is 0 Å². The Bertz CT molecular complexity index is 690. The van der Waals surface area contributed by atoms with Crippen molar-refractivity contribution in [1.82, 2.24) is 9.03 Å². The van der Waals surface area contributed by atoms with E-state index in [1.165, 1.54) is 14.1 Å². The monoisotopic (exact) mass is 348 g/mol. The van der Waals surface area contributed by atoms with Crippen LogP contribution in [0.15, 0.2) is 30.3 Å². The number of nitrogens with one attached hydrogen (secondary N) is 1. The maximum absolute atomic E-state index is 12.7. The molecular weight excluding hydrogens is 324 g/mol. The second-order valence-electron chi connectivity index (χ2n) is 6.36. The van der Waals surface area contributed by atoms with Crippen LogP contribution in [-0.2, 0) is 20.0 Å². The largest absolute Gasteiger partial charge is 0.220 e. The van der Waals surface area contributed by atoms with Crippen LogP contribution in [0, 0.1) is 0 Å². The molecule has 1 rings (SSSR count). The Morgan fingerprint density at radius 1 is 1.05 bits per heavy atom. The van der Waals surface area contributed by atoms with Crippen molar-refractivity contribution in [3.63, 3.8) is 0 Å². The Balaban J connectivity index is 3.31. The highest BCUT2D eigenvalue weighted by atomic mass is 32.2. The van der Waals surface area contributed by atoms with E-state index in [2.05, 4.69) is 4.72 Å². The lowest BCUT2D eigenvalue weighted by molar-refractivity contribution is 0.482. The molecular formula is C14H24N2O4S2. The fourth-order valence-electron chi connectivity index (χ4n) is 1.87. The van der Waals surface area contributed by atoms with Gasteiger partial charge in [0.1, 0.15) is 5.25 Å². The predicted octanol–water partition coefficient (Wildman–Crippen LogP) is 1.34. The number of rotatable bonds is 6. The van der Waals surface area contributed by atoms with Gasteiger partial charge < -0.3 is 0 Å². The summed E-state index contributed by atoms with van der Waals surface area (Å²) in [6.07, 6.45) is 0. The Morgan fingerprint density at radius 3 is 1.95 bits per heavy atom. The van der Waals surface area contributed by atoms with Crippen LogP contribution < -0.4 is 4.72 Å². The highest BCUT2D eigenvalue weighted by Crippen LogP contribution is 2.25. The molecule has 0 aliphatic heterocycles. The van der Waals surface area contributed by atoms with Crippen molar-refractivity contribution >= 4 is 20.0 Å². The van der Waals surface area contributed by atoms with Gasteiger partial charge in [0.05, 0.1) is 5.75 Å². The Morgan fingerprint density at radius 2 is 1.55 bits per heavy atom. The van der Waals surface area contributed by atoms with E-state index in [1.54, 1.807) is 51.1 Å². The van der Waals surface area contributed by atoms with E-state index in [0.29, 0.717) is 5.56 Å². The molecule has 1 N–H and O–H groups in total. The number of hydrogen-bond acceptors (Lipinski definition) is 4. The fourth-order valence-corrected chi connectivity index (χ4v) is 5.49. The molecule has 126 valence electrons. The third-order valence-corrected chi connectivity index (χ3v) is 7.08. The molecule has 8 heteroatoms.